The molecule has 3 aromatic rings. The first-order valence-electron chi connectivity index (χ1n) is 7.69. The van der Waals surface area contributed by atoms with Crippen molar-refractivity contribution in [2.24, 2.45) is 5.73 Å². The smallest absolute Gasteiger partial charge is 0.336 e. The Morgan fingerprint density at radius 3 is 2.15 bits per heavy atom. The molecule has 0 heterocycles. The molecule has 27 heavy (non-hydrogen) atoms. The fraction of sp³-hybridized carbons (Fsp3) is 0.0526. The van der Waals surface area contributed by atoms with Crippen LogP contribution in [0.25, 0.3) is 21.9 Å². The second-order valence-corrected chi connectivity index (χ2v) is 7.24. The van der Waals surface area contributed by atoms with Gasteiger partial charge in [-0.3, -0.25) is 9.96 Å². The Hall–Kier alpha value is -3.23. The average molecular weight is 386 g/mol. The molecule has 140 valence electrons. The van der Waals surface area contributed by atoms with Gasteiger partial charge in [0.2, 0.25) is 0 Å². The molecule has 0 aromatic heterocycles. The molecule has 3 aromatic carbocycles. The minimum atomic E-state index is -3.67. The van der Waals surface area contributed by atoms with Gasteiger partial charge in [0.1, 0.15) is 5.84 Å². The van der Waals surface area contributed by atoms with Crippen LogP contribution in [0.15, 0.2) is 60.7 Å². The van der Waals surface area contributed by atoms with E-state index < -0.39 is 16.1 Å². The topological polar surface area (TPSA) is 142 Å². The molecule has 8 heteroatoms. The highest BCUT2D eigenvalue weighted by Gasteiger charge is 2.11. The van der Waals surface area contributed by atoms with Gasteiger partial charge in [0, 0.05) is 5.56 Å². The Bertz CT molecular complexity index is 1120. The van der Waals surface area contributed by atoms with E-state index in [1.807, 2.05) is 36.4 Å². The summed E-state index contributed by atoms with van der Waals surface area (Å²) in [5, 5.41) is 18.7. The molecule has 0 saturated heterocycles. The monoisotopic (exact) mass is 386 g/mol. The number of carboxylic acid groups (broad SMARTS) is 1. The third kappa shape index (κ3) is 5.63. The third-order valence-electron chi connectivity index (χ3n) is 3.62. The van der Waals surface area contributed by atoms with Gasteiger partial charge in [-0.05, 0) is 40.1 Å². The maximum absolute atomic E-state index is 11.3. The molecule has 0 bridgehead atoms. The van der Waals surface area contributed by atoms with Gasteiger partial charge in [-0.1, -0.05) is 42.5 Å². The predicted octanol–water partition coefficient (Wildman–Crippen LogP) is 2.99. The number of carboxylic acids is 1. The van der Waals surface area contributed by atoms with Gasteiger partial charge in [0.15, 0.2) is 0 Å². The minimum Gasteiger partial charge on any atom is -0.478 e. The molecule has 0 fully saturated rings. The van der Waals surface area contributed by atoms with Gasteiger partial charge in [0.25, 0.3) is 10.1 Å². The van der Waals surface area contributed by atoms with E-state index >= 15 is 0 Å². The SMILES string of the molecule is CS(=O)(=O)O.N=C(N)c1ccc2cc(-c3ccccc3C(=O)O)ccc2c1. The summed E-state index contributed by atoms with van der Waals surface area (Å²) < 4.78 is 25.9. The van der Waals surface area contributed by atoms with Crippen LogP contribution < -0.4 is 5.73 Å². The first-order valence-corrected chi connectivity index (χ1v) is 9.54. The highest BCUT2D eigenvalue weighted by atomic mass is 32.2. The fourth-order valence-corrected chi connectivity index (χ4v) is 2.50. The van der Waals surface area contributed by atoms with Crippen molar-refractivity contribution in [3.05, 3.63) is 71.8 Å². The number of carbonyl (C=O) groups is 1. The van der Waals surface area contributed by atoms with Crippen molar-refractivity contribution in [3.8, 4) is 11.1 Å². The molecule has 0 aliphatic carbocycles. The van der Waals surface area contributed by atoms with Gasteiger partial charge in [-0.25, -0.2) is 4.79 Å². The molecule has 0 aliphatic rings. The minimum absolute atomic E-state index is 0.0298. The Labute approximate surface area is 156 Å². The van der Waals surface area contributed by atoms with Gasteiger partial charge in [0.05, 0.1) is 11.8 Å². The number of nitrogens with one attached hydrogen (secondary N) is 1. The first-order chi connectivity index (χ1) is 12.6. The third-order valence-corrected chi connectivity index (χ3v) is 3.62. The Balaban J connectivity index is 0.000000465. The Morgan fingerprint density at radius 2 is 1.56 bits per heavy atom. The molecule has 0 aliphatic heterocycles. The lowest BCUT2D eigenvalue weighted by Gasteiger charge is -2.08. The number of fused-ring (bicyclic) bond motifs is 1. The molecule has 0 unspecified atom stereocenters. The molecule has 0 amide bonds. The number of aromatic carboxylic acids is 1. The lowest BCUT2D eigenvalue weighted by Crippen LogP contribution is -2.10. The number of nitrogen functional groups attached to an aromatic ring is 1. The van der Waals surface area contributed by atoms with Crippen LogP contribution in [-0.4, -0.2) is 36.1 Å². The van der Waals surface area contributed by atoms with E-state index in [2.05, 4.69) is 0 Å². The highest BCUT2D eigenvalue weighted by molar-refractivity contribution is 7.85. The lowest BCUT2D eigenvalue weighted by atomic mass is 9.96. The first kappa shape index (κ1) is 20.1. The fourth-order valence-electron chi connectivity index (χ4n) is 2.50. The molecule has 0 radical (unpaired) electrons. The molecule has 0 spiro atoms. The second kappa shape index (κ2) is 7.98. The number of hydrogen-bond donors (Lipinski definition) is 4. The van der Waals surface area contributed by atoms with Crippen molar-refractivity contribution in [2.75, 3.05) is 6.26 Å². The zero-order valence-corrected chi connectivity index (χ0v) is 15.2. The lowest BCUT2D eigenvalue weighted by molar-refractivity contribution is 0.0697. The molecule has 3 rings (SSSR count). The summed E-state index contributed by atoms with van der Waals surface area (Å²) in [6.45, 7) is 0. The normalized spacial score (nSPS) is 10.7. The second-order valence-electron chi connectivity index (χ2n) is 5.77. The number of amidine groups is 1. The summed E-state index contributed by atoms with van der Waals surface area (Å²) in [6.07, 6.45) is 0.715. The number of hydrogen-bond acceptors (Lipinski definition) is 4. The Kier molecular flexibility index (Phi) is 5.94. The molecule has 5 N–H and O–H groups in total. The van der Waals surface area contributed by atoms with Crippen LogP contribution in [-0.2, 0) is 10.1 Å². The van der Waals surface area contributed by atoms with E-state index in [9.17, 15) is 18.3 Å². The van der Waals surface area contributed by atoms with Crippen LogP contribution in [0, 0.1) is 5.41 Å². The van der Waals surface area contributed by atoms with Crippen molar-refractivity contribution in [3.63, 3.8) is 0 Å². The summed E-state index contributed by atoms with van der Waals surface area (Å²) >= 11 is 0. The summed E-state index contributed by atoms with van der Waals surface area (Å²) in [5.74, 6) is -0.912. The summed E-state index contributed by atoms with van der Waals surface area (Å²) in [7, 11) is -3.67. The maximum Gasteiger partial charge on any atom is 0.336 e. The van der Waals surface area contributed by atoms with Gasteiger partial charge in [-0.2, -0.15) is 8.42 Å². The number of benzene rings is 3. The molecular formula is C19H18N2O5S. The van der Waals surface area contributed by atoms with Crippen molar-refractivity contribution >= 4 is 32.7 Å². The predicted molar refractivity (Wildman–Crippen MR) is 105 cm³/mol. The number of rotatable bonds is 3. The van der Waals surface area contributed by atoms with Crippen molar-refractivity contribution < 1.29 is 22.9 Å². The van der Waals surface area contributed by atoms with E-state index in [-0.39, 0.29) is 11.4 Å². The largest absolute Gasteiger partial charge is 0.478 e. The van der Waals surface area contributed by atoms with E-state index in [0.29, 0.717) is 17.4 Å². The summed E-state index contributed by atoms with van der Waals surface area (Å²) in [6, 6.07) is 18.2. The van der Waals surface area contributed by atoms with E-state index in [0.717, 1.165) is 16.3 Å². The molecule has 0 atom stereocenters. The van der Waals surface area contributed by atoms with Crippen molar-refractivity contribution in [1.82, 2.24) is 0 Å². The van der Waals surface area contributed by atoms with Gasteiger partial charge in [-0.15, -0.1) is 0 Å². The van der Waals surface area contributed by atoms with Crippen LogP contribution in [0.4, 0.5) is 0 Å². The van der Waals surface area contributed by atoms with E-state index in [1.165, 1.54) is 0 Å². The van der Waals surface area contributed by atoms with Crippen LogP contribution in [0.3, 0.4) is 0 Å². The zero-order valence-electron chi connectivity index (χ0n) is 14.4. The molecule has 7 nitrogen and oxygen atoms in total. The Morgan fingerprint density at radius 1 is 1.00 bits per heavy atom. The van der Waals surface area contributed by atoms with Crippen LogP contribution in [0.2, 0.25) is 0 Å². The molecular weight excluding hydrogens is 368 g/mol. The quantitative estimate of drug-likeness (QED) is 0.310. The van der Waals surface area contributed by atoms with Crippen LogP contribution in [0.5, 0.6) is 0 Å². The van der Waals surface area contributed by atoms with Crippen molar-refractivity contribution in [2.45, 2.75) is 0 Å². The average Bonchev–Trinajstić information content (AvgIpc) is 2.59. The summed E-state index contributed by atoms with van der Waals surface area (Å²) in [5.41, 5.74) is 7.98. The van der Waals surface area contributed by atoms with E-state index in [1.54, 1.807) is 24.3 Å². The van der Waals surface area contributed by atoms with Gasteiger partial charge >= 0.3 is 5.97 Å². The van der Waals surface area contributed by atoms with Crippen LogP contribution >= 0.6 is 0 Å². The summed E-state index contributed by atoms with van der Waals surface area (Å²) in [4.78, 5) is 11.3. The van der Waals surface area contributed by atoms with E-state index in [4.69, 9.17) is 15.7 Å². The zero-order chi connectivity index (χ0) is 20.2. The van der Waals surface area contributed by atoms with Crippen molar-refractivity contribution in [1.29, 1.82) is 5.41 Å². The number of nitrogens with two attached hydrogens (primary N) is 1. The van der Waals surface area contributed by atoms with Gasteiger partial charge < -0.3 is 10.8 Å². The standard InChI is InChI=1S/C18H14N2O2.CH4O3S/c19-17(20)14-8-6-11-9-13(7-5-12(11)10-14)15-3-1-2-4-16(15)18(21)22;1-5(2,3)4/h1-10H,(H3,19,20)(H,21,22);1H3,(H,2,3,4). The van der Waals surface area contributed by atoms with Crippen LogP contribution in [0.1, 0.15) is 15.9 Å². The highest BCUT2D eigenvalue weighted by Crippen LogP contribution is 2.27. The molecule has 0 saturated carbocycles. The maximum atomic E-state index is 11.3.